The van der Waals surface area contributed by atoms with Gasteiger partial charge in [0.1, 0.15) is 0 Å². The van der Waals surface area contributed by atoms with Crippen LogP contribution in [0.1, 0.15) is 18.1 Å². The summed E-state index contributed by atoms with van der Waals surface area (Å²) >= 11 is 0. The molecule has 0 N–H and O–H groups in total. The molecular weight excluding hydrogens is 489 g/mol. The summed E-state index contributed by atoms with van der Waals surface area (Å²) in [5.74, 6) is 1.12. The van der Waals surface area contributed by atoms with Gasteiger partial charge in [-0.15, -0.1) is 0 Å². The maximum Gasteiger partial charge on any atom is 1.00 e. The van der Waals surface area contributed by atoms with E-state index in [2.05, 4.69) is 0 Å². The Morgan fingerprint density at radius 1 is 0.889 bits per heavy atom. The molecule has 0 fully saturated rings. The Morgan fingerprint density at radius 3 is 2.14 bits per heavy atom. The second-order valence-corrected chi connectivity index (χ2v) is 9.74. The molecule has 188 valence electrons. The van der Waals surface area contributed by atoms with Gasteiger partial charge in [0, 0.05) is 13.1 Å². The summed E-state index contributed by atoms with van der Waals surface area (Å²) in [4.78, 5) is 2.00. The first kappa shape index (κ1) is 30.3. The van der Waals surface area contributed by atoms with E-state index in [1.54, 1.807) is 24.3 Å². The van der Waals surface area contributed by atoms with Crippen molar-refractivity contribution in [2.75, 3.05) is 32.9 Å². The fraction of sp³-hybridized carbons (Fsp3) is 0.333. The summed E-state index contributed by atoms with van der Waals surface area (Å²) in [6.07, 6.45) is -1.05. The van der Waals surface area contributed by atoms with Crippen molar-refractivity contribution in [1.29, 1.82) is 0 Å². The Balaban J connectivity index is 0.00000456. The van der Waals surface area contributed by atoms with Crippen LogP contribution in [0.4, 0.5) is 0 Å². The molecule has 0 spiro atoms. The van der Waals surface area contributed by atoms with Crippen LogP contribution in [0.3, 0.4) is 0 Å². The maximum atomic E-state index is 12.8. The van der Waals surface area contributed by atoms with Crippen molar-refractivity contribution in [2.24, 2.45) is 0 Å². The Hall–Kier alpha value is -1.91. The topological polar surface area (TPSA) is 88.1 Å². The van der Waals surface area contributed by atoms with Crippen LogP contribution in [0, 0.1) is 6.92 Å². The number of ether oxygens (including phenoxy) is 2. The predicted molar refractivity (Wildman–Crippen MR) is 133 cm³/mol. The smallest absolute Gasteiger partial charge is 0.849 e. The van der Waals surface area contributed by atoms with Gasteiger partial charge in [0.05, 0.1) is 24.7 Å². The minimum absolute atomic E-state index is 0. The van der Waals surface area contributed by atoms with Gasteiger partial charge in [-0.2, -0.15) is 8.42 Å². The molecule has 0 aliphatic carbocycles. The first-order chi connectivity index (χ1) is 16.9. The maximum absolute atomic E-state index is 12.8. The minimum atomic E-state index is -3.87. The molecule has 0 bridgehead atoms. The molecule has 36 heavy (non-hydrogen) atoms. The van der Waals surface area contributed by atoms with Crippen molar-refractivity contribution in [3.8, 4) is 11.5 Å². The van der Waals surface area contributed by atoms with E-state index in [0.29, 0.717) is 24.7 Å². The summed E-state index contributed by atoms with van der Waals surface area (Å²) in [7, 11) is -3.87. The normalized spacial score (nSPS) is 12.1. The number of rotatable bonds is 14. The van der Waals surface area contributed by atoms with Gasteiger partial charge in [-0.1, -0.05) is 66.3 Å². The third-order valence-electron chi connectivity index (χ3n) is 5.24. The molecule has 7 nitrogen and oxygen atoms in total. The summed E-state index contributed by atoms with van der Waals surface area (Å²) in [6.45, 7) is 5.09. The summed E-state index contributed by atoms with van der Waals surface area (Å²) in [5.41, 5.74) is 1.98. The predicted octanol–water partition coefficient (Wildman–Crippen LogP) is 0.413. The number of nitrogens with zero attached hydrogens (tertiary/aromatic N) is 1. The molecular formula is C27H32NNaO6S. The average Bonchev–Trinajstić information content (AvgIpc) is 2.84. The van der Waals surface area contributed by atoms with Gasteiger partial charge < -0.3 is 14.6 Å². The summed E-state index contributed by atoms with van der Waals surface area (Å²) < 4.78 is 41.6. The third-order valence-corrected chi connectivity index (χ3v) is 6.57. The molecule has 0 saturated heterocycles. The van der Waals surface area contributed by atoms with Crippen LogP contribution < -0.4 is 44.1 Å². The zero-order valence-electron chi connectivity index (χ0n) is 21.1. The molecule has 1 atom stereocenters. The van der Waals surface area contributed by atoms with Gasteiger partial charge in [-0.3, -0.25) is 9.08 Å². The Morgan fingerprint density at radius 2 is 1.50 bits per heavy atom. The average molecular weight is 522 g/mol. The second kappa shape index (κ2) is 15.4. The number of aryl methyl sites for hydroxylation is 1. The largest absolute Gasteiger partial charge is 1.00 e. The van der Waals surface area contributed by atoms with Crippen molar-refractivity contribution >= 4 is 10.1 Å². The van der Waals surface area contributed by atoms with Gasteiger partial charge >= 0.3 is 29.6 Å². The van der Waals surface area contributed by atoms with E-state index >= 15 is 0 Å². The van der Waals surface area contributed by atoms with E-state index in [-0.39, 0.29) is 60.8 Å². The molecule has 1 unspecified atom stereocenters. The van der Waals surface area contributed by atoms with Crippen molar-refractivity contribution in [1.82, 2.24) is 4.90 Å². The first-order valence-corrected chi connectivity index (χ1v) is 13.0. The summed E-state index contributed by atoms with van der Waals surface area (Å²) in [5, 5.41) is 12.8. The van der Waals surface area contributed by atoms with Gasteiger partial charge in [-0.05, 0) is 50.2 Å². The molecule has 9 heteroatoms. The molecule has 0 aliphatic heterocycles. The van der Waals surface area contributed by atoms with Crippen LogP contribution in [0.15, 0.2) is 83.8 Å². The molecule has 0 heterocycles. The van der Waals surface area contributed by atoms with E-state index in [4.69, 9.17) is 13.7 Å². The molecule has 0 aromatic heterocycles. The molecule has 0 radical (unpaired) electrons. The number of hydrogen-bond acceptors (Lipinski definition) is 7. The zero-order valence-corrected chi connectivity index (χ0v) is 23.9. The van der Waals surface area contributed by atoms with E-state index in [1.165, 1.54) is 12.1 Å². The third kappa shape index (κ3) is 9.86. The fourth-order valence-electron chi connectivity index (χ4n) is 3.49. The fourth-order valence-corrected chi connectivity index (χ4v) is 4.39. The Labute approximate surface area is 236 Å². The van der Waals surface area contributed by atoms with E-state index in [1.807, 2.05) is 61.2 Å². The Kier molecular flexibility index (Phi) is 12.9. The van der Waals surface area contributed by atoms with Crippen LogP contribution in [0.25, 0.3) is 0 Å². The molecule has 3 aromatic carbocycles. The zero-order chi connectivity index (χ0) is 25.1. The van der Waals surface area contributed by atoms with Gasteiger partial charge in [0.15, 0.2) is 11.5 Å². The van der Waals surface area contributed by atoms with Crippen LogP contribution in [-0.2, 0) is 20.8 Å². The molecule has 3 rings (SSSR count). The van der Waals surface area contributed by atoms with Gasteiger partial charge in [0.25, 0.3) is 10.1 Å². The van der Waals surface area contributed by atoms with Crippen molar-refractivity contribution < 1.29 is 56.7 Å². The van der Waals surface area contributed by atoms with Crippen molar-refractivity contribution in [2.45, 2.75) is 31.4 Å². The van der Waals surface area contributed by atoms with E-state index < -0.39 is 16.2 Å². The number of benzene rings is 3. The standard InChI is InChI=1S/C27H32NO6S.Na/c1-3-32-26-11-7-8-12-27(26)33-21-24(29)20-28(19-23-9-5-4-6-10-23)17-18-34-35(30,31)25-15-13-22(2)14-16-25;/h4-16,24H,3,17-21H2,1-2H3;/q-1;+1. The molecule has 3 aromatic rings. The molecule has 0 aliphatic rings. The minimum Gasteiger partial charge on any atom is -0.849 e. The monoisotopic (exact) mass is 521 g/mol. The van der Waals surface area contributed by atoms with Crippen LogP contribution in [-0.4, -0.2) is 52.3 Å². The van der Waals surface area contributed by atoms with Crippen LogP contribution >= 0.6 is 0 Å². The van der Waals surface area contributed by atoms with Crippen molar-refractivity contribution in [3.05, 3.63) is 90.0 Å². The second-order valence-electron chi connectivity index (χ2n) is 8.12. The van der Waals surface area contributed by atoms with Crippen LogP contribution in [0.2, 0.25) is 0 Å². The first-order valence-electron chi connectivity index (χ1n) is 11.6. The van der Waals surface area contributed by atoms with E-state index in [9.17, 15) is 13.5 Å². The summed E-state index contributed by atoms with van der Waals surface area (Å²) in [6, 6.07) is 23.4. The molecule has 0 saturated carbocycles. The van der Waals surface area contributed by atoms with Crippen LogP contribution in [0.5, 0.6) is 11.5 Å². The van der Waals surface area contributed by atoms with Gasteiger partial charge in [-0.25, -0.2) is 0 Å². The van der Waals surface area contributed by atoms with E-state index in [0.717, 1.165) is 11.1 Å². The van der Waals surface area contributed by atoms with Gasteiger partial charge in [0.2, 0.25) is 0 Å². The quantitative estimate of drug-likeness (QED) is 0.224. The number of para-hydroxylation sites is 2. The SMILES string of the molecule is CCOc1ccccc1OCC([O-])CN(CCOS(=O)(=O)c1ccc(C)cc1)Cc1ccccc1.[Na+]. The number of hydrogen-bond donors (Lipinski definition) is 0. The molecule has 0 amide bonds. The Bertz CT molecular complexity index is 1140. The van der Waals surface area contributed by atoms with Crippen molar-refractivity contribution in [3.63, 3.8) is 0 Å².